The molecule has 0 saturated heterocycles. The Morgan fingerprint density at radius 1 is 1.35 bits per heavy atom. The second kappa shape index (κ2) is 6.31. The van der Waals surface area contributed by atoms with Crippen molar-refractivity contribution in [2.24, 2.45) is 11.1 Å². The van der Waals surface area contributed by atoms with E-state index < -0.39 is 6.09 Å². The van der Waals surface area contributed by atoms with Crippen LogP contribution in [0.1, 0.15) is 31.4 Å². The van der Waals surface area contributed by atoms with Gasteiger partial charge in [-0.05, 0) is 25.7 Å². The molecule has 1 saturated carbocycles. The van der Waals surface area contributed by atoms with E-state index in [0.29, 0.717) is 11.4 Å². The van der Waals surface area contributed by atoms with E-state index >= 15 is 0 Å². The molecule has 0 aliphatic heterocycles. The number of carbonyl (C=O) groups is 1. The molecule has 0 radical (unpaired) electrons. The lowest BCUT2D eigenvalue weighted by atomic mass is 9.82. The molecule has 0 bridgehead atoms. The topological polar surface area (TPSA) is 98.9 Å². The third kappa shape index (κ3) is 3.04. The highest BCUT2D eigenvalue weighted by atomic mass is 16.4. The smallest absolute Gasteiger partial charge is 0.407 e. The van der Waals surface area contributed by atoms with E-state index in [0.717, 1.165) is 25.7 Å². The second-order valence-corrected chi connectivity index (χ2v) is 4.97. The van der Waals surface area contributed by atoms with Crippen molar-refractivity contribution in [1.29, 1.82) is 0 Å². The lowest BCUT2D eigenvalue weighted by Crippen LogP contribution is -2.39. The number of aromatic nitrogens is 2. The van der Waals surface area contributed by atoms with Gasteiger partial charge in [0.05, 0.1) is 6.20 Å². The first-order chi connectivity index (χ1) is 9.63. The van der Waals surface area contributed by atoms with Crippen LogP contribution in [0.15, 0.2) is 23.7 Å². The summed E-state index contributed by atoms with van der Waals surface area (Å²) in [6.07, 6.45) is 6.86. The molecule has 2 N–H and O–H groups in total. The Morgan fingerprint density at radius 2 is 2.05 bits per heavy atom. The Labute approximate surface area is 117 Å². The fraction of sp³-hybridized carbons (Fsp3) is 0.538. The minimum Gasteiger partial charge on any atom is -0.465 e. The van der Waals surface area contributed by atoms with Gasteiger partial charge in [0, 0.05) is 31.4 Å². The molecule has 1 aliphatic rings. The van der Waals surface area contributed by atoms with Crippen LogP contribution in [-0.2, 0) is 0 Å². The van der Waals surface area contributed by atoms with Crippen LogP contribution in [-0.4, -0.2) is 50.1 Å². The first-order valence-corrected chi connectivity index (χ1v) is 6.57. The van der Waals surface area contributed by atoms with Gasteiger partial charge >= 0.3 is 6.09 Å². The number of oxime groups is 1. The molecule has 1 amide bonds. The third-order valence-corrected chi connectivity index (χ3v) is 3.87. The van der Waals surface area contributed by atoms with Crippen LogP contribution in [0.25, 0.3) is 0 Å². The molecular weight excluding hydrogens is 260 g/mol. The minimum absolute atomic E-state index is 0.0329. The SMILES string of the molecule is CN(C(=O)O)[C@H]1CC[C@@H](/C(=N/O)c2cnccn2)CC1. The molecule has 2 rings (SSSR count). The number of nitrogens with zero attached hydrogens (tertiary/aromatic N) is 4. The van der Waals surface area contributed by atoms with Crippen molar-refractivity contribution in [2.75, 3.05) is 7.05 Å². The average Bonchev–Trinajstić information content (AvgIpc) is 2.49. The van der Waals surface area contributed by atoms with Crippen LogP contribution in [0.4, 0.5) is 4.79 Å². The molecule has 7 heteroatoms. The summed E-state index contributed by atoms with van der Waals surface area (Å²) < 4.78 is 0. The van der Waals surface area contributed by atoms with Gasteiger partial charge in [-0.15, -0.1) is 0 Å². The van der Waals surface area contributed by atoms with Crippen molar-refractivity contribution in [3.63, 3.8) is 0 Å². The summed E-state index contributed by atoms with van der Waals surface area (Å²) >= 11 is 0. The van der Waals surface area contributed by atoms with Crippen LogP contribution in [0.3, 0.4) is 0 Å². The number of amides is 1. The van der Waals surface area contributed by atoms with Crippen molar-refractivity contribution in [1.82, 2.24) is 14.9 Å². The van der Waals surface area contributed by atoms with Gasteiger partial charge in [-0.3, -0.25) is 9.97 Å². The summed E-state index contributed by atoms with van der Waals surface area (Å²) in [6, 6.07) is 0.0329. The highest BCUT2D eigenvalue weighted by Crippen LogP contribution is 2.29. The second-order valence-electron chi connectivity index (χ2n) is 4.97. The Kier molecular flexibility index (Phi) is 4.49. The van der Waals surface area contributed by atoms with Gasteiger partial charge in [0.1, 0.15) is 11.4 Å². The van der Waals surface area contributed by atoms with Crippen molar-refractivity contribution < 1.29 is 15.1 Å². The Bertz CT molecular complexity index is 484. The van der Waals surface area contributed by atoms with Crippen LogP contribution < -0.4 is 0 Å². The zero-order chi connectivity index (χ0) is 14.5. The van der Waals surface area contributed by atoms with E-state index in [9.17, 15) is 10.0 Å². The summed E-state index contributed by atoms with van der Waals surface area (Å²) in [4.78, 5) is 20.4. The van der Waals surface area contributed by atoms with Gasteiger partial charge in [0.2, 0.25) is 0 Å². The highest BCUT2D eigenvalue weighted by molar-refractivity contribution is 6.00. The average molecular weight is 278 g/mol. The van der Waals surface area contributed by atoms with Gasteiger partial charge in [-0.1, -0.05) is 5.16 Å². The van der Waals surface area contributed by atoms with E-state index in [2.05, 4.69) is 15.1 Å². The summed E-state index contributed by atoms with van der Waals surface area (Å²) in [5, 5.41) is 21.6. The standard InChI is InChI=1S/C13H18N4O3/c1-17(13(18)19)10-4-2-9(3-5-10)12(16-20)11-8-14-6-7-15-11/h6-10,20H,2-5H2,1H3,(H,18,19)/b16-12-/t9-,10+. The van der Waals surface area contributed by atoms with E-state index in [1.807, 2.05) is 0 Å². The first-order valence-electron chi connectivity index (χ1n) is 6.57. The van der Waals surface area contributed by atoms with Crippen LogP contribution in [0.2, 0.25) is 0 Å². The van der Waals surface area contributed by atoms with E-state index in [-0.39, 0.29) is 12.0 Å². The van der Waals surface area contributed by atoms with Crippen molar-refractivity contribution in [3.8, 4) is 0 Å². The quantitative estimate of drug-likeness (QED) is 0.499. The first kappa shape index (κ1) is 14.2. The van der Waals surface area contributed by atoms with Crippen molar-refractivity contribution >= 4 is 11.8 Å². The molecule has 0 spiro atoms. The molecule has 1 aromatic heterocycles. The third-order valence-electron chi connectivity index (χ3n) is 3.87. The lowest BCUT2D eigenvalue weighted by molar-refractivity contribution is 0.123. The summed E-state index contributed by atoms with van der Waals surface area (Å²) in [7, 11) is 1.59. The maximum Gasteiger partial charge on any atom is 0.407 e. The van der Waals surface area contributed by atoms with Crippen molar-refractivity contribution in [2.45, 2.75) is 31.7 Å². The normalized spacial score (nSPS) is 23.4. The van der Waals surface area contributed by atoms with E-state index in [1.165, 1.54) is 4.90 Å². The maximum atomic E-state index is 10.9. The highest BCUT2D eigenvalue weighted by Gasteiger charge is 2.30. The molecule has 1 aromatic rings. The lowest BCUT2D eigenvalue weighted by Gasteiger charge is -2.33. The monoisotopic (exact) mass is 278 g/mol. The summed E-state index contributed by atoms with van der Waals surface area (Å²) in [5.41, 5.74) is 1.11. The number of rotatable bonds is 3. The number of hydrogen-bond acceptors (Lipinski definition) is 5. The van der Waals surface area contributed by atoms with Crippen LogP contribution in [0.5, 0.6) is 0 Å². The molecule has 20 heavy (non-hydrogen) atoms. The molecular formula is C13H18N4O3. The fourth-order valence-electron chi connectivity index (χ4n) is 2.67. The fourth-order valence-corrected chi connectivity index (χ4v) is 2.67. The molecule has 1 heterocycles. The molecule has 0 atom stereocenters. The molecule has 0 unspecified atom stereocenters. The Morgan fingerprint density at radius 3 is 2.55 bits per heavy atom. The molecule has 7 nitrogen and oxygen atoms in total. The van der Waals surface area contributed by atoms with Gasteiger partial charge < -0.3 is 15.2 Å². The van der Waals surface area contributed by atoms with Gasteiger partial charge in [-0.25, -0.2) is 4.79 Å². The Hall–Kier alpha value is -2.18. The molecule has 108 valence electrons. The van der Waals surface area contributed by atoms with Gasteiger partial charge in [0.25, 0.3) is 0 Å². The number of carboxylic acid groups (broad SMARTS) is 1. The molecule has 0 aromatic carbocycles. The van der Waals surface area contributed by atoms with Crippen LogP contribution >= 0.6 is 0 Å². The Balaban J connectivity index is 2.01. The zero-order valence-electron chi connectivity index (χ0n) is 11.3. The predicted octanol–water partition coefficient (Wildman–Crippen LogP) is 1.82. The van der Waals surface area contributed by atoms with E-state index in [1.54, 1.807) is 25.6 Å². The molecule has 1 fully saturated rings. The number of hydrogen-bond donors (Lipinski definition) is 2. The maximum absolute atomic E-state index is 10.9. The largest absolute Gasteiger partial charge is 0.465 e. The minimum atomic E-state index is -0.904. The predicted molar refractivity (Wildman–Crippen MR) is 71.9 cm³/mol. The van der Waals surface area contributed by atoms with Gasteiger partial charge in [-0.2, -0.15) is 0 Å². The zero-order valence-corrected chi connectivity index (χ0v) is 11.3. The van der Waals surface area contributed by atoms with Crippen LogP contribution in [0, 0.1) is 5.92 Å². The van der Waals surface area contributed by atoms with E-state index in [4.69, 9.17) is 5.11 Å². The molecule has 1 aliphatic carbocycles. The summed E-state index contributed by atoms with van der Waals surface area (Å²) in [6.45, 7) is 0. The van der Waals surface area contributed by atoms with Gasteiger partial charge in [0.15, 0.2) is 0 Å². The van der Waals surface area contributed by atoms with Crippen molar-refractivity contribution in [3.05, 3.63) is 24.3 Å². The summed E-state index contributed by atoms with van der Waals surface area (Å²) in [5.74, 6) is 0.0927.